The van der Waals surface area contributed by atoms with Gasteiger partial charge >= 0.3 is 17.2 Å². The number of hydrogen-bond acceptors (Lipinski definition) is 21. The molecule has 0 radical (unpaired) electrons. The Bertz CT molecular complexity index is 2970. The normalized spacial score (nSPS) is 8.90. The molecule has 0 spiro atoms. The quantitative estimate of drug-likeness (QED) is 0.0940. The molecule has 12 rings (SSSR count). The molecule has 0 saturated heterocycles. The van der Waals surface area contributed by atoms with Gasteiger partial charge in [-0.25, -0.2) is 39.5 Å². The first-order valence-corrected chi connectivity index (χ1v) is 22.9. The average Bonchev–Trinajstić information content (AvgIpc) is 4.24. The summed E-state index contributed by atoms with van der Waals surface area (Å²) in [4.78, 5) is 79.0. The summed E-state index contributed by atoms with van der Waals surface area (Å²) in [5.41, 5.74) is 6.68. The molecule has 0 saturated carbocycles. The van der Waals surface area contributed by atoms with Crippen molar-refractivity contribution in [3.63, 3.8) is 0 Å². The van der Waals surface area contributed by atoms with E-state index in [1.54, 1.807) is 83.5 Å². The van der Waals surface area contributed by atoms with Crippen LogP contribution in [0.3, 0.4) is 0 Å². The molecular formula is C48H69N23O9. The highest BCUT2D eigenvalue weighted by molar-refractivity contribution is 5.00. The van der Waals surface area contributed by atoms with Crippen molar-refractivity contribution in [3.05, 3.63) is 232 Å². The monoisotopic (exact) mass is 1110 g/mol. The highest BCUT2D eigenvalue weighted by atomic mass is 16.5. The van der Waals surface area contributed by atoms with E-state index in [9.17, 15) is 24.0 Å². The van der Waals surface area contributed by atoms with Crippen LogP contribution in [0.1, 0.15) is 76.1 Å². The molecule has 0 unspecified atom stereocenters. The lowest BCUT2D eigenvalue weighted by molar-refractivity contribution is 0.383. The lowest BCUT2D eigenvalue weighted by Crippen LogP contribution is -2.07. The molecule has 32 heteroatoms. The minimum absolute atomic E-state index is 0. The maximum absolute atomic E-state index is 10.3. The Hall–Kier alpha value is -10.9. The van der Waals surface area contributed by atoms with Gasteiger partial charge in [0.1, 0.15) is 17.4 Å². The zero-order valence-corrected chi connectivity index (χ0v) is 45.4. The molecule has 12 heterocycles. The van der Waals surface area contributed by atoms with E-state index in [-0.39, 0.29) is 24.2 Å². The van der Waals surface area contributed by atoms with Crippen LogP contribution >= 0.6 is 0 Å². The third-order valence-electron chi connectivity index (χ3n) is 7.67. The summed E-state index contributed by atoms with van der Waals surface area (Å²) in [6, 6.07) is 10.4. The molecule has 0 atom stereocenters. The number of aromatic amines is 11. The molecule has 12 aromatic heterocycles. The van der Waals surface area contributed by atoms with Crippen LogP contribution in [0.2, 0.25) is 0 Å². The molecule has 80 heavy (non-hydrogen) atoms. The largest absolute Gasteiger partial charge is 0.438 e. The highest BCUT2D eigenvalue weighted by Crippen LogP contribution is 1.88. The predicted octanol–water partition coefficient (Wildman–Crippen LogP) is 5.10. The lowest BCUT2D eigenvalue weighted by Gasteiger charge is -1.83. The van der Waals surface area contributed by atoms with Gasteiger partial charge in [0.05, 0.1) is 30.1 Å². The van der Waals surface area contributed by atoms with Crippen LogP contribution in [0.25, 0.3) is 0 Å². The number of aromatic nitrogens is 23. The number of H-pyrrole nitrogens is 11. The lowest BCUT2D eigenvalue weighted by atomic mass is 10.4. The van der Waals surface area contributed by atoms with Gasteiger partial charge in [0.2, 0.25) is 12.3 Å². The molecular weight excluding hydrogens is 1040 g/mol. The minimum atomic E-state index is -0.502. The Balaban J connectivity index is 0.000000851. The topological polar surface area (TPSA) is 466 Å². The van der Waals surface area contributed by atoms with Crippen LogP contribution in [0, 0.1) is 83.1 Å². The van der Waals surface area contributed by atoms with Gasteiger partial charge < -0.3 is 33.4 Å². The predicted molar refractivity (Wildman–Crippen MR) is 293 cm³/mol. The Labute approximate surface area is 456 Å². The van der Waals surface area contributed by atoms with Crippen molar-refractivity contribution in [2.24, 2.45) is 0 Å². The first-order chi connectivity index (χ1) is 37.7. The fraction of sp³-hybridized carbons (Fsp3) is 0.271. The van der Waals surface area contributed by atoms with Crippen LogP contribution in [-0.2, 0) is 0 Å². The van der Waals surface area contributed by atoms with Gasteiger partial charge in [-0.05, 0) is 112 Å². The Morgan fingerprint density at radius 2 is 1.31 bits per heavy atom. The Morgan fingerprint density at radius 3 is 1.51 bits per heavy atom. The van der Waals surface area contributed by atoms with Crippen molar-refractivity contribution in [2.45, 2.75) is 90.5 Å². The number of rotatable bonds is 0. The van der Waals surface area contributed by atoms with Crippen LogP contribution < -0.4 is 28.3 Å². The number of nitrogens with one attached hydrogen (secondary N) is 11. The van der Waals surface area contributed by atoms with E-state index < -0.39 is 11.5 Å². The number of aryl methyl sites for hydroxylation is 12. The summed E-state index contributed by atoms with van der Waals surface area (Å²) in [5, 5.41) is 42.8. The van der Waals surface area contributed by atoms with Gasteiger partial charge in [-0.2, -0.15) is 40.8 Å². The van der Waals surface area contributed by atoms with Crippen LogP contribution in [0.15, 0.2) is 153 Å². The van der Waals surface area contributed by atoms with E-state index in [4.69, 9.17) is 0 Å². The van der Waals surface area contributed by atoms with E-state index in [1.807, 2.05) is 86.0 Å². The molecule has 430 valence electrons. The third-order valence-corrected chi connectivity index (χ3v) is 7.67. The van der Waals surface area contributed by atoms with E-state index >= 15 is 0 Å². The standard InChI is InChI=1S/2C5H6N2O.C5H7N.4C4H6N2.C4H5NO2.C3H5N3.2C3H4N2O2.C3H4N2O.CH4/c1-4-2-6-5(8)7-3-4;1-4-2-3-5(8)7-6-4;1-5-3-2-4-6-5;1-4-2-5-3-6-4;1-4-2-5-6-3-4;1-4-5-2-3-6-4;1-4-2-3-5-6-4;1-3-2-4(6)5-7-3;1-3-2-4-6-5-3;1-2-4-5-3(6)7-2;1-2-4-3(6)7-5-2;1-3-4-2-6-5-3;/h2-3H,1H3,(H,6,7,8);2-3H,1H3,(H,7,8);2-4,6H,1H3;4*2-3H,1H3,(H,5,6);2H,1H3,(H,5,6);2H,1H3,(H,4,5,6);1H3,(H,5,6);1H3,(H,4,5,6);2H,1H3;1H4. The molecule has 32 nitrogen and oxygen atoms in total. The minimum Gasteiger partial charge on any atom is -0.393 e. The molecule has 0 aliphatic rings. The van der Waals surface area contributed by atoms with Crippen molar-refractivity contribution in [2.75, 3.05) is 0 Å². The second-order valence-corrected chi connectivity index (χ2v) is 15.2. The molecule has 0 aliphatic heterocycles. The Kier molecular flexibility index (Phi) is 36.5. The fourth-order valence-electron chi connectivity index (χ4n) is 4.02. The van der Waals surface area contributed by atoms with Gasteiger partial charge in [-0.3, -0.25) is 29.3 Å². The molecule has 12 aromatic rings. The van der Waals surface area contributed by atoms with Crippen molar-refractivity contribution < 1.29 is 18.0 Å². The maximum Gasteiger partial charge on any atom is 0.438 e. The second-order valence-electron chi connectivity index (χ2n) is 15.2. The molecule has 0 fully saturated rings. The van der Waals surface area contributed by atoms with Crippen LogP contribution in [0.4, 0.5) is 0 Å². The molecule has 0 amide bonds. The van der Waals surface area contributed by atoms with Crippen LogP contribution in [0.5, 0.6) is 0 Å². The average molecular weight is 1110 g/mol. The van der Waals surface area contributed by atoms with Gasteiger partial charge in [0.25, 0.3) is 11.1 Å². The zero-order valence-electron chi connectivity index (χ0n) is 45.4. The first kappa shape index (κ1) is 69.0. The van der Waals surface area contributed by atoms with Crippen molar-refractivity contribution >= 4 is 0 Å². The zero-order chi connectivity index (χ0) is 58.6. The van der Waals surface area contributed by atoms with E-state index in [1.165, 1.54) is 36.0 Å². The Morgan fingerprint density at radius 1 is 0.550 bits per heavy atom. The number of nitrogens with zero attached hydrogens (tertiary/aromatic N) is 12. The van der Waals surface area contributed by atoms with Crippen molar-refractivity contribution in [3.8, 4) is 0 Å². The van der Waals surface area contributed by atoms with Gasteiger partial charge in [-0.1, -0.05) is 17.7 Å². The van der Waals surface area contributed by atoms with Gasteiger partial charge in [0, 0.05) is 85.7 Å². The number of imidazole rings is 2. The first-order valence-electron chi connectivity index (χ1n) is 22.9. The summed E-state index contributed by atoms with van der Waals surface area (Å²) in [7, 11) is 0. The summed E-state index contributed by atoms with van der Waals surface area (Å²) in [6.07, 6.45) is 20.4. The SMILES string of the molecule is C.Cc1cc(=O)[nH]o1.Cc1ccc(=O)[nH]n1.Cc1ccc[nH]1.Cc1ccn[nH]1.Cc1cn[nH]c1.Cc1cn[nH]n1.Cc1cnc(=O)[nH]c1.Cc1cnc[nH]1.Cc1n[nH]c(=O)o1.Cc1ncc[nH]1.Cc1ncon1.Cc1noc(=O)[nH]1. The molecule has 11 N–H and O–H groups in total. The third kappa shape index (κ3) is 40.4. The van der Waals surface area contributed by atoms with E-state index in [0.29, 0.717) is 23.3 Å². The van der Waals surface area contributed by atoms with Crippen molar-refractivity contribution in [1.82, 2.24) is 117 Å². The molecule has 0 aliphatic carbocycles. The smallest absolute Gasteiger partial charge is 0.393 e. The van der Waals surface area contributed by atoms with E-state index in [0.717, 1.165) is 34.2 Å². The summed E-state index contributed by atoms with van der Waals surface area (Å²) in [5.74, 6) is 2.13. The summed E-state index contributed by atoms with van der Waals surface area (Å²) < 4.78 is 17.3. The second kappa shape index (κ2) is 42.3. The summed E-state index contributed by atoms with van der Waals surface area (Å²) >= 11 is 0. The van der Waals surface area contributed by atoms with Crippen LogP contribution in [-0.4, -0.2) is 117 Å². The maximum atomic E-state index is 10.3. The van der Waals surface area contributed by atoms with Gasteiger partial charge in [0.15, 0.2) is 5.82 Å². The van der Waals surface area contributed by atoms with Crippen molar-refractivity contribution in [1.29, 1.82) is 0 Å². The molecule has 0 bridgehead atoms. The number of hydrogen-bond donors (Lipinski definition) is 11. The van der Waals surface area contributed by atoms with Gasteiger partial charge in [-0.15, -0.1) is 5.10 Å². The fourth-order valence-corrected chi connectivity index (χ4v) is 4.02. The van der Waals surface area contributed by atoms with E-state index in [2.05, 4.69) is 135 Å². The highest BCUT2D eigenvalue weighted by Gasteiger charge is 1.89. The summed E-state index contributed by atoms with van der Waals surface area (Å²) in [6.45, 7) is 22.1. The molecule has 0 aromatic carbocycles.